The van der Waals surface area contributed by atoms with Gasteiger partial charge in [-0.25, -0.2) is 4.39 Å². The molecule has 0 aliphatic heterocycles. The topological polar surface area (TPSA) is 91.8 Å². The molecule has 0 aliphatic rings. The van der Waals surface area contributed by atoms with Crippen LogP contribution >= 0.6 is 11.8 Å². The van der Waals surface area contributed by atoms with Crippen LogP contribution in [0.2, 0.25) is 0 Å². The number of thioether (sulfide) groups is 1. The molecule has 0 spiro atoms. The highest BCUT2D eigenvalue weighted by molar-refractivity contribution is 8.00. The van der Waals surface area contributed by atoms with Crippen molar-refractivity contribution < 1.29 is 13.6 Å². The number of nitriles is 1. The second-order valence-corrected chi connectivity index (χ2v) is 6.59. The van der Waals surface area contributed by atoms with Crippen molar-refractivity contribution in [2.24, 2.45) is 0 Å². The normalized spacial score (nSPS) is 11.6. The third kappa shape index (κ3) is 4.07. The summed E-state index contributed by atoms with van der Waals surface area (Å²) in [6, 6.07) is 14.7. The number of hydrogen-bond donors (Lipinski definition) is 1. The Morgan fingerprint density at radius 1 is 1.27 bits per heavy atom. The number of carbonyl (C=O) groups is 1. The van der Waals surface area contributed by atoms with Gasteiger partial charge in [0.2, 0.25) is 5.91 Å². The number of rotatable bonds is 5. The van der Waals surface area contributed by atoms with Crippen molar-refractivity contribution in [3.8, 4) is 17.5 Å². The Hall–Kier alpha value is -3.18. The van der Waals surface area contributed by atoms with Crippen LogP contribution in [0.3, 0.4) is 0 Å². The Morgan fingerprint density at radius 2 is 2.08 bits per heavy atom. The molecular formula is C18H13FN4O2S. The lowest BCUT2D eigenvalue weighted by molar-refractivity contribution is -0.115. The van der Waals surface area contributed by atoms with Gasteiger partial charge in [0.25, 0.3) is 11.1 Å². The Balaban J connectivity index is 1.66. The zero-order valence-electron chi connectivity index (χ0n) is 13.6. The van der Waals surface area contributed by atoms with E-state index < -0.39 is 11.1 Å². The fourth-order valence-corrected chi connectivity index (χ4v) is 2.80. The van der Waals surface area contributed by atoms with E-state index >= 15 is 0 Å². The highest BCUT2D eigenvalue weighted by Crippen LogP contribution is 2.28. The van der Waals surface area contributed by atoms with E-state index in [0.29, 0.717) is 11.3 Å². The zero-order chi connectivity index (χ0) is 18.5. The second kappa shape index (κ2) is 7.80. The predicted molar refractivity (Wildman–Crippen MR) is 94.8 cm³/mol. The highest BCUT2D eigenvalue weighted by Gasteiger charge is 2.20. The molecule has 1 atom stereocenters. The van der Waals surface area contributed by atoms with Crippen LogP contribution in [0.4, 0.5) is 10.1 Å². The number of anilines is 1. The molecule has 0 bridgehead atoms. The van der Waals surface area contributed by atoms with Crippen LogP contribution in [0.1, 0.15) is 12.5 Å². The SMILES string of the molecule is C[C@@H](Sc1nnc(-c2ccccc2F)o1)C(=O)Nc1cccc(C#N)c1. The van der Waals surface area contributed by atoms with Gasteiger partial charge in [-0.15, -0.1) is 10.2 Å². The maximum Gasteiger partial charge on any atom is 0.277 e. The van der Waals surface area contributed by atoms with Crippen molar-refractivity contribution in [2.45, 2.75) is 17.4 Å². The van der Waals surface area contributed by atoms with Gasteiger partial charge in [0.1, 0.15) is 5.82 Å². The summed E-state index contributed by atoms with van der Waals surface area (Å²) in [5.41, 5.74) is 1.19. The fourth-order valence-electron chi connectivity index (χ4n) is 2.12. The zero-order valence-corrected chi connectivity index (χ0v) is 14.5. The van der Waals surface area contributed by atoms with Crippen LogP contribution < -0.4 is 5.32 Å². The molecule has 8 heteroatoms. The number of aromatic nitrogens is 2. The van der Waals surface area contributed by atoms with E-state index in [9.17, 15) is 9.18 Å². The number of halogens is 1. The minimum atomic E-state index is -0.533. The Kier molecular flexibility index (Phi) is 5.29. The quantitative estimate of drug-likeness (QED) is 0.688. The molecule has 3 aromatic rings. The molecule has 0 saturated carbocycles. The van der Waals surface area contributed by atoms with E-state index in [1.54, 1.807) is 43.3 Å². The van der Waals surface area contributed by atoms with Gasteiger partial charge in [-0.2, -0.15) is 5.26 Å². The molecule has 1 aromatic heterocycles. The minimum absolute atomic E-state index is 0.0555. The van der Waals surface area contributed by atoms with Crippen LogP contribution in [0.15, 0.2) is 58.2 Å². The lowest BCUT2D eigenvalue weighted by Gasteiger charge is -2.09. The number of amides is 1. The van der Waals surface area contributed by atoms with E-state index in [1.807, 2.05) is 6.07 Å². The van der Waals surface area contributed by atoms with E-state index in [4.69, 9.17) is 9.68 Å². The van der Waals surface area contributed by atoms with Crippen molar-refractivity contribution in [3.05, 3.63) is 59.9 Å². The molecule has 26 heavy (non-hydrogen) atoms. The van der Waals surface area contributed by atoms with Gasteiger partial charge in [-0.3, -0.25) is 4.79 Å². The number of nitrogens with zero attached hydrogens (tertiary/aromatic N) is 3. The second-order valence-electron chi connectivity index (χ2n) is 5.29. The number of hydrogen-bond acceptors (Lipinski definition) is 6. The first-order valence-corrected chi connectivity index (χ1v) is 8.51. The summed E-state index contributed by atoms with van der Waals surface area (Å²) in [5.74, 6) is -0.688. The summed E-state index contributed by atoms with van der Waals surface area (Å²) in [6.07, 6.45) is 0. The molecule has 130 valence electrons. The maximum atomic E-state index is 13.8. The third-order valence-corrected chi connectivity index (χ3v) is 4.35. The van der Waals surface area contributed by atoms with Gasteiger partial charge in [0, 0.05) is 5.69 Å². The van der Waals surface area contributed by atoms with E-state index in [-0.39, 0.29) is 22.6 Å². The first-order valence-electron chi connectivity index (χ1n) is 7.63. The summed E-state index contributed by atoms with van der Waals surface area (Å²) in [4.78, 5) is 12.3. The van der Waals surface area contributed by atoms with Crippen molar-refractivity contribution in [2.75, 3.05) is 5.32 Å². The number of carbonyl (C=O) groups excluding carboxylic acids is 1. The van der Waals surface area contributed by atoms with Crippen LogP contribution in [0.5, 0.6) is 0 Å². The number of benzene rings is 2. The Morgan fingerprint density at radius 3 is 2.85 bits per heavy atom. The van der Waals surface area contributed by atoms with Crippen molar-refractivity contribution >= 4 is 23.4 Å². The van der Waals surface area contributed by atoms with Crippen LogP contribution in [-0.4, -0.2) is 21.4 Å². The third-order valence-electron chi connectivity index (χ3n) is 3.42. The monoisotopic (exact) mass is 368 g/mol. The molecule has 0 unspecified atom stereocenters. The van der Waals surface area contributed by atoms with Crippen molar-refractivity contribution in [3.63, 3.8) is 0 Å². The average molecular weight is 368 g/mol. The van der Waals surface area contributed by atoms with E-state index in [2.05, 4.69) is 15.5 Å². The smallest absolute Gasteiger partial charge is 0.277 e. The lowest BCUT2D eigenvalue weighted by Crippen LogP contribution is -2.22. The number of nitrogens with one attached hydrogen (secondary N) is 1. The largest absolute Gasteiger partial charge is 0.411 e. The summed E-state index contributed by atoms with van der Waals surface area (Å²) >= 11 is 1.06. The molecule has 0 fully saturated rings. The van der Waals surface area contributed by atoms with Gasteiger partial charge < -0.3 is 9.73 Å². The van der Waals surface area contributed by atoms with Gasteiger partial charge in [0.05, 0.1) is 22.4 Å². The van der Waals surface area contributed by atoms with E-state index in [0.717, 1.165) is 11.8 Å². The molecule has 1 N–H and O–H groups in total. The maximum absolute atomic E-state index is 13.8. The van der Waals surface area contributed by atoms with Crippen LogP contribution in [0, 0.1) is 17.1 Å². The first-order chi connectivity index (χ1) is 12.6. The van der Waals surface area contributed by atoms with E-state index in [1.165, 1.54) is 12.1 Å². The van der Waals surface area contributed by atoms with Crippen molar-refractivity contribution in [1.82, 2.24) is 10.2 Å². The fraction of sp³-hybridized carbons (Fsp3) is 0.111. The summed E-state index contributed by atoms with van der Waals surface area (Å²) in [7, 11) is 0. The molecule has 1 amide bonds. The lowest BCUT2D eigenvalue weighted by atomic mass is 10.2. The molecule has 6 nitrogen and oxygen atoms in total. The summed E-state index contributed by atoms with van der Waals surface area (Å²) in [6.45, 7) is 1.68. The Bertz CT molecular complexity index is 983. The van der Waals surface area contributed by atoms with Gasteiger partial charge in [-0.05, 0) is 37.3 Å². The predicted octanol–water partition coefficient (Wildman–Crippen LogP) is 3.87. The van der Waals surface area contributed by atoms with Crippen LogP contribution in [-0.2, 0) is 4.79 Å². The molecule has 0 aliphatic carbocycles. The molecular weight excluding hydrogens is 355 g/mol. The average Bonchev–Trinajstić information content (AvgIpc) is 3.10. The van der Waals surface area contributed by atoms with Crippen LogP contribution in [0.25, 0.3) is 11.5 Å². The molecule has 2 aromatic carbocycles. The molecule has 0 radical (unpaired) electrons. The standard InChI is InChI=1S/C18H13FN4O2S/c1-11(16(24)21-13-6-4-5-12(9-13)10-20)26-18-23-22-17(25-18)14-7-2-3-8-15(14)19/h2-9,11H,1H3,(H,21,24)/t11-/m1/s1. The molecule has 0 saturated heterocycles. The minimum Gasteiger partial charge on any atom is -0.411 e. The summed E-state index contributed by atoms with van der Waals surface area (Å²) in [5, 5.41) is 18.9. The van der Waals surface area contributed by atoms with Crippen molar-refractivity contribution in [1.29, 1.82) is 5.26 Å². The Labute approximate surface area is 153 Å². The molecule has 1 heterocycles. The van der Waals surface area contributed by atoms with Gasteiger partial charge in [0.15, 0.2) is 0 Å². The summed E-state index contributed by atoms with van der Waals surface area (Å²) < 4.78 is 19.2. The van der Waals surface area contributed by atoms with Gasteiger partial charge in [-0.1, -0.05) is 30.0 Å². The molecule has 3 rings (SSSR count). The van der Waals surface area contributed by atoms with Gasteiger partial charge >= 0.3 is 0 Å². The first kappa shape index (κ1) is 17.6. The highest BCUT2D eigenvalue weighted by atomic mass is 32.2.